The Bertz CT molecular complexity index is 1120. The maximum absolute atomic E-state index is 13.4. The zero-order valence-corrected chi connectivity index (χ0v) is 17.3. The molecular formula is C23H23N5O3. The van der Waals surface area contributed by atoms with Gasteiger partial charge in [0, 0.05) is 36.3 Å². The van der Waals surface area contributed by atoms with E-state index in [2.05, 4.69) is 6.07 Å². The van der Waals surface area contributed by atoms with Crippen LogP contribution in [0.4, 0.5) is 10.5 Å². The molecule has 3 aliphatic rings. The van der Waals surface area contributed by atoms with Gasteiger partial charge >= 0.3 is 6.03 Å². The zero-order valence-electron chi connectivity index (χ0n) is 17.3. The third kappa shape index (κ3) is 3.22. The van der Waals surface area contributed by atoms with Crippen molar-refractivity contribution in [3.05, 3.63) is 53.1 Å². The van der Waals surface area contributed by atoms with E-state index in [9.17, 15) is 10.1 Å². The molecule has 0 saturated carbocycles. The average Bonchev–Trinajstić information content (AvgIpc) is 3.44. The topological polar surface area (TPSA) is 104 Å². The van der Waals surface area contributed by atoms with Gasteiger partial charge in [-0.15, -0.1) is 0 Å². The number of carbonyl (C=O) groups is 1. The fourth-order valence-electron chi connectivity index (χ4n) is 4.30. The Hall–Kier alpha value is -3.73. The number of nitrogens with zero attached hydrogens (tertiary/aromatic N) is 4. The zero-order chi connectivity index (χ0) is 21.6. The van der Waals surface area contributed by atoms with Crippen molar-refractivity contribution in [3.63, 3.8) is 0 Å². The van der Waals surface area contributed by atoms with Crippen LogP contribution < -0.4 is 15.2 Å². The predicted octanol–water partition coefficient (Wildman–Crippen LogP) is 3.11. The number of likely N-dealkylation sites (tertiary alicyclic amines) is 1. The van der Waals surface area contributed by atoms with Gasteiger partial charge in [0.15, 0.2) is 17.0 Å². The van der Waals surface area contributed by atoms with Gasteiger partial charge in [-0.25, -0.2) is 4.79 Å². The molecule has 1 unspecified atom stereocenters. The van der Waals surface area contributed by atoms with Crippen LogP contribution in [0.1, 0.15) is 36.5 Å². The number of hydrazone groups is 1. The van der Waals surface area contributed by atoms with Gasteiger partial charge in [-0.05, 0) is 49.6 Å². The van der Waals surface area contributed by atoms with E-state index in [1.165, 1.54) is 5.01 Å². The van der Waals surface area contributed by atoms with Crippen LogP contribution in [-0.2, 0) is 6.42 Å². The van der Waals surface area contributed by atoms with Gasteiger partial charge in [-0.3, -0.25) is 0 Å². The standard InChI is InChI=1S/C23H23N5O3/c1-23(13-24)12-16-10-19-20(31-14-30-19)11-18(16)21(15-4-6-17(25)7-5-15)26-28(23)22(29)27-8-2-3-9-27/h4-7,10-11H,2-3,8-9,12,14,25H2,1H3. The van der Waals surface area contributed by atoms with E-state index in [-0.39, 0.29) is 12.8 Å². The predicted molar refractivity (Wildman–Crippen MR) is 115 cm³/mol. The first-order chi connectivity index (χ1) is 15.0. The van der Waals surface area contributed by atoms with Crippen LogP contribution in [0.2, 0.25) is 0 Å². The van der Waals surface area contributed by atoms with Crippen LogP contribution in [0.3, 0.4) is 0 Å². The van der Waals surface area contributed by atoms with Gasteiger partial charge < -0.3 is 20.1 Å². The van der Waals surface area contributed by atoms with Crippen LogP contribution >= 0.6 is 0 Å². The quantitative estimate of drug-likeness (QED) is 0.718. The van der Waals surface area contributed by atoms with Crippen molar-refractivity contribution in [2.24, 2.45) is 5.10 Å². The Balaban J connectivity index is 1.71. The van der Waals surface area contributed by atoms with Crippen LogP contribution in [0.25, 0.3) is 0 Å². The van der Waals surface area contributed by atoms with Crippen molar-refractivity contribution in [1.82, 2.24) is 9.91 Å². The van der Waals surface area contributed by atoms with Gasteiger partial charge in [-0.2, -0.15) is 15.4 Å². The summed E-state index contributed by atoms with van der Waals surface area (Å²) in [4.78, 5) is 15.2. The number of ether oxygens (including phenoxy) is 2. The molecule has 5 rings (SSSR count). The summed E-state index contributed by atoms with van der Waals surface area (Å²) in [6, 6.07) is 13.2. The summed E-state index contributed by atoms with van der Waals surface area (Å²) in [5.41, 5.74) is 8.45. The molecule has 2 amide bonds. The molecule has 1 saturated heterocycles. The lowest BCUT2D eigenvalue weighted by Gasteiger charge is -2.33. The number of benzene rings is 2. The van der Waals surface area contributed by atoms with E-state index in [0.29, 0.717) is 42.4 Å². The lowest BCUT2D eigenvalue weighted by molar-refractivity contribution is 0.127. The average molecular weight is 417 g/mol. The molecule has 0 aromatic heterocycles. The molecule has 1 atom stereocenters. The molecule has 3 aliphatic heterocycles. The van der Waals surface area contributed by atoms with Crippen molar-refractivity contribution in [3.8, 4) is 17.6 Å². The van der Waals surface area contributed by atoms with Crippen LogP contribution in [0.5, 0.6) is 11.5 Å². The summed E-state index contributed by atoms with van der Waals surface area (Å²) in [6.45, 7) is 3.26. The van der Waals surface area contributed by atoms with Gasteiger partial charge in [0.2, 0.25) is 6.79 Å². The Morgan fingerprint density at radius 2 is 1.84 bits per heavy atom. The van der Waals surface area contributed by atoms with Gasteiger partial charge in [-0.1, -0.05) is 12.1 Å². The number of hydrogen-bond donors (Lipinski definition) is 1. The number of nitrogen functional groups attached to an aromatic ring is 1. The van der Waals surface area contributed by atoms with E-state index in [0.717, 1.165) is 29.5 Å². The first-order valence-electron chi connectivity index (χ1n) is 10.4. The number of anilines is 1. The molecule has 2 aromatic carbocycles. The molecule has 0 spiro atoms. The second-order valence-electron chi connectivity index (χ2n) is 8.28. The van der Waals surface area contributed by atoms with Crippen LogP contribution in [-0.4, -0.2) is 47.1 Å². The van der Waals surface area contributed by atoms with Gasteiger partial charge in [0.05, 0.1) is 11.8 Å². The second-order valence-corrected chi connectivity index (χ2v) is 8.28. The van der Waals surface area contributed by atoms with Gasteiger partial charge in [0.25, 0.3) is 0 Å². The number of rotatable bonds is 1. The first-order valence-corrected chi connectivity index (χ1v) is 10.4. The summed E-state index contributed by atoms with van der Waals surface area (Å²) in [7, 11) is 0. The molecule has 31 heavy (non-hydrogen) atoms. The second kappa shape index (κ2) is 7.20. The lowest BCUT2D eigenvalue weighted by Crippen LogP contribution is -2.51. The molecule has 158 valence electrons. The normalized spacial score (nSPS) is 21.9. The number of nitriles is 1. The number of hydrogen-bond acceptors (Lipinski definition) is 6. The van der Waals surface area contributed by atoms with E-state index in [4.69, 9.17) is 20.3 Å². The fourth-order valence-corrected chi connectivity index (χ4v) is 4.30. The molecule has 1 fully saturated rings. The van der Waals surface area contributed by atoms with Crippen molar-refractivity contribution >= 4 is 17.4 Å². The number of fused-ring (bicyclic) bond motifs is 2. The first kappa shape index (κ1) is 19.2. The molecule has 8 nitrogen and oxygen atoms in total. The van der Waals surface area contributed by atoms with Crippen molar-refractivity contribution in [2.75, 3.05) is 25.6 Å². The van der Waals surface area contributed by atoms with E-state index >= 15 is 0 Å². The van der Waals surface area contributed by atoms with Crippen molar-refractivity contribution in [1.29, 1.82) is 5.26 Å². The van der Waals surface area contributed by atoms with Gasteiger partial charge in [0.1, 0.15) is 0 Å². The summed E-state index contributed by atoms with van der Waals surface area (Å²) < 4.78 is 11.2. The highest BCUT2D eigenvalue weighted by Crippen LogP contribution is 2.39. The Kier molecular flexibility index (Phi) is 4.47. The Morgan fingerprint density at radius 3 is 2.52 bits per heavy atom. The van der Waals surface area contributed by atoms with Crippen molar-refractivity contribution < 1.29 is 14.3 Å². The van der Waals surface area contributed by atoms with Crippen molar-refractivity contribution in [2.45, 2.75) is 31.7 Å². The SMILES string of the molecule is CC1(C#N)Cc2cc3c(cc2C(c2ccc(N)cc2)=NN1C(=O)N1CCCC1)OCO3. The smallest absolute Gasteiger partial charge is 0.341 e. The molecule has 0 bridgehead atoms. The highest BCUT2D eigenvalue weighted by Gasteiger charge is 2.42. The Morgan fingerprint density at radius 1 is 1.16 bits per heavy atom. The minimum Gasteiger partial charge on any atom is -0.454 e. The molecule has 2 N–H and O–H groups in total. The third-order valence-electron chi connectivity index (χ3n) is 6.04. The number of nitrogens with two attached hydrogens (primary N) is 1. The molecule has 3 heterocycles. The number of urea groups is 1. The van der Waals surface area contributed by atoms with E-state index < -0.39 is 5.54 Å². The highest BCUT2D eigenvalue weighted by molar-refractivity contribution is 6.14. The van der Waals surface area contributed by atoms with Crippen LogP contribution in [0, 0.1) is 11.3 Å². The minimum atomic E-state index is -1.16. The maximum atomic E-state index is 13.4. The Labute approximate surface area is 180 Å². The third-order valence-corrected chi connectivity index (χ3v) is 6.04. The molecule has 0 radical (unpaired) electrons. The molecule has 8 heteroatoms. The molecule has 0 aliphatic carbocycles. The van der Waals surface area contributed by atoms with E-state index in [1.54, 1.807) is 24.0 Å². The molecular weight excluding hydrogens is 394 g/mol. The van der Waals surface area contributed by atoms with Crippen LogP contribution in [0.15, 0.2) is 41.5 Å². The number of amides is 2. The monoisotopic (exact) mass is 417 g/mol. The summed E-state index contributed by atoms with van der Waals surface area (Å²) >= 11 is 0. The summed E-state index contributed by atoms with van der Waals surface area (Å²) in [6.07, 6.45) is 2.23. The molecule has 2 aromatic rings. The fraction of sp³-hybridized carbons (Fsp3) is 0.348. The number of carbonyl (C=O) groups excluding carboxylic acids is 1. The summed E-state index contributed by atoms with van der Waals surface area (Å²) in [5, 5.41) is 16.3. The largest absolute Gasteiger partial charge is 0.454 e. The van der Waals surface area contributed by atoms with E-state index in [1.807, 2.05) is 24.3 Å². The minimum absolute atomic E-state index is 0.154. The maximum Gasteiger partial charge on any atom is 0.341 e. The lowest BCUT2D eigenvalue weighted by atomic mass is 9.89. The highest BCUT2D eigenvalue weighted by atomic mass is 16.7. The summed E-state index contributed by atoms with van der Waals surface area (Å²) in [5.74, 6) is 1.26.